The van der Waals surface area contributed by atoms with E-state index < -0.39 is 0 Å². The number of rotatable bonds is 4. The minimum absolute atomic E-state index is 0.711. The Bertz CT molecular complexity index is 380. The topological polar surface area (TPSA) is 66.5 Å². The predicted molar refractivity (Wildman–Crippen MR) is 55.2 cm³/mol. The summed E-state index contributed by atoms with van der Waals surface area (Å²) in [5.74, 6) is 0. The van der Waals surface area contributed by atoms with E-state index in [0.29, 0.717) is 6.54 Å². The minimum Gasteiger partial charge on any atom is -0.355 e. The third-order valence-corrected chi connectivity index (χ3v) is 2.46. The molecule has 6 heteroatoms. The number of nitrogens with zero attached hydrogens (tertiary/aromatic N) is 3. The lowest BCUT2D eigenvalue weighted by Crippen LogP contribution is -1.98. The van der Waals surface area contributed by atoms with Gasteiger partial charge in [0.05, 0.1) is 17.9 Å². The van der Waals surface area contributed by atoms with Gasteiger partial charge in [-0.1, -0.05) is 6.92 Å². The molecular formula is C8H11N5S. The van der Waals surface area contributed by atoms with Crippen molar-refractivity contribution in [1.29, 1.82) is 0 Å². The summed E-state index contributed by atoms with van der Waals surface area (Å²) in [4.78, 5) is 4.02. The lowest BCUT2D eigenvalue weighted by Gasteiger charge is -1.97. The van der Waals surface area contributed by atoms with E-state index in [9.17, 15) is 0 Å². The minimum atomic E-state index is 0.711. The lowest BCUT2D eigenvalue weighted by atomic mass is 10.3. The van der Waals surface area contributed by atoms with Crippen LogP contribution >= 0.6 is 11.5 Å². The maximum Gasteiger partial charge on any atom is 0.202 e. The van der Waals surface area contributed by atoms with Crippen molar-refractivity contribution in [2.45, 2.75) is 19.9 Å². The quantitative estimate of drug-likeness (QED) is 0.799. The molecule has 0 radical (unpaired) electrons. The molecule has 0 aliphatic rings. The second kappa shape index (κ2) is 4.19. The van der Waals surface area contributed by atoms with Gasteiger partial charge in [-0.2, -0.15) is 9.47 Å². The first-order chi connectivity index (χ1) is 6.88. The van der Waals surface area contributed by atoms with Gasteiger partial charge in [-0.25, -0.2) is 4.98 Å². The molecule has 2 heterocycles. The molecule has 0 unspecified atom stereocenters. The number of aryl methyl sites for hydroxylation is 1. The first kappa shape index (κ1) is 9.14. The van der Waals surface area contributed by atoms with Crippen molar-refractivity contribution in [1.82, 2.24) is 19.6 Å². The average molecular weight is 209 g/mol. The van der Waals surface area contributed by atoms with Crippen molar-refractivity contribution in [3.8, 4) is 0 Å². The van der Waals surface area contributed by atoms with Gasteiger partial charge in [0.25, 0.3) is 0 Å². The average Bonchev–Trinajstić information content (AvgIpc) is 2.86. The monoisotopic (exact) mass is 209 g/mol. The number of anilines is 1. The molecule has 0 saturated carbocycles. The summed E-state index contributed by atoms with van der Waals surface area (Å²) < 4.78 is 3.90. The van der Waals surface area contributed by atoms with Crippen molar-refractivity contribution in [2.24, 2.45) is 0 Å². The zero-order chi connectivity index (χ0) is 9.80. The fraction of sp³-hybridized carbons (Fsp3) is 0.375. The highest BCUT2D eigenvalue weighted by molar-refractivity contribution is 7.09. The molecule has 14 heavy (non-hydrogen) atoms. The smallest absolute Gasteiger partial charge is 0.202 e. The first-order valence-electron chi connectivity index (χ1n) is 4.42. The van der Waals surface area contributed by atoms with Gasteiger partial charge in [-0.15, -0.1) is 0 Å². The molecule has 0 aromatic carbocycles. The Kier molecular flexibility index (Phi) is 2.73. The molecular weight excluding hydrogens is 198 g/mol. The highest BCUT2D eigenvalue weighted by atomic mass is 32.1. The summed E-state index contributed by atoms with van der Waals surface area (Å²) in [6.07, 6.45) is 2.49. The number of hydrogen-bond acceptors (Lipinski definition) is 5. The Morgan fingerprint density at radius 2 is 2.50 bits per heavy atom. The van der Waals surface area contributed by atoms with E-state index in [1.54, 1.807) is 0 Å². The summed E-state index contributed by atoms with van der Waals surface area (Å²) in [5.41, 5.74) is 2.15. The number of aromatic nitrogens is 4. The third kappa shape index (κ3) is 2.08. The van der Waals surface area contributed by atoms with Gasteiger partial charge in [0.1, 0.15) is 6.33 Å². The second-order valence-corrected chi connectivity index (χ2v) is 3.62. The van der Waals surface area contributed by atoms with E-state index in [0.717, 1.165) is 22.9 Å². The fourth-order valence-electron chi connectivity index (χ4n) is 1.10. The maximum atomic E-state index is 4.14. The van der Waals surface area contributed by atoms with E-state index in [4.69, 9.17) is 0 Å². The van der Waals surface area contributed by atoms with Crippen LogP contribution in [0.2, 0.25) is 0 Å². The molecule has 2 N–H and O–H groups in total. The van der Waals surface area contributed by atoms with Crippen LogP contribution in [0.4, 0.5) is 5.13 Å². The molecule has 74 valence electrons. The molecule has 0 saturated heterocycles. The van der Waals surface area contributed by atoms with Gasteiger partial charge in [-0.3, -0.25) is 5.10 Å². The highest BCUT2D eigenvalue weighted by Gasteiger charge is 2.00. The second-order valence-electron chi connectivity index (χ2n) is 2.84. The zero-order valence-electron chi connectivity index (χ0n) is 7.82. The predicted octanol–water partition coefficient (Wildman–Crippen LogP) is 1.44. The van der Waals surface area contributed by atoms with Gasteiger partial charge < -0.3 is 5.32 Å². The third-order valence-electron chi connectivity index (χ3n) is 1.84. The Hall–Kier alpha value is -1.43. The molecule has 0 aliphatic carbocycles. The maximum absolute atomic E-state index is 4.14. The molecule has 0 atom stereocenters. The summed E-state index contributed by atoms with van der Waals surface area (Å²) in [6, 6.07) is 2.05. The molecule has 0 bridgehead atoms. The Morgan fingerprint density at radius 3 is 3.14 bits per heavy atom. The van der Waals surface area contributed by atoms with Crippen molar-refractivity contribution in [3.63, 3.8) is 0 Å². The van der Waals surface area contributed by atoms with Crippen LogP contribution in [0.5, 0.6) is 0 Å². The van der Waals surface area contributed by atoms with Crippen LogP contribution in [-0.4, -0.2) is 19.6 Å². The van der Waals surface area contributed by atoms with Gasteiger partial charge in [0.15, 0.2) is 0 Å². The molecule has 0 amide bonds. The van der Waals surface area contributed by atoms with Gasteiger partial charge in [0, 0.05) is 11.5 Å². The van der Waals surface area contributed by atoms with E-state index in [-0.39, 0.29) is 0 Å². The van der Waals surface area contributed by atoms with Crippen LogP contribution in [0.3, 0.4) is 0 Å². The molecule has 0 spiro atoms. The van der Waals surface area contributed by atoms with Crippen molar-refractivity contribution in [3.05, 3.63) is 23.8 Å². The van der Waals surface area contributed by atoms with E-state index in [1.807, 2.05) is 6.07 Å². The lowest BCUT2D eigenvalue weighted by molar-refractivity contribution is 0.939. The standard InChI is InChI=1S/C8H11N5S/c1-2-6-3-7(13-12-6)4-9-8-10-5-11-14-8/h3,5H,2,4H2,1H3,(H,12,13)(H,9,10,11). The summed E-state index contributed by atoms with van der Waals surface area (Å²) in [6.45, 7) is 2.79. The van der Waals surface area contributed by atoms with E-state index in [2.05, 4.69) is 31.8 Å². The Morgan fingerprint density at radius 1 is 1.57 bits per heavy atom. The van der Waals surface area contributed by atoms with Crippen LogP contribution in [0.1, 0.15) is 18.3 Å². The number of nitrogens with one attached hydrogen (secondary N) is 2. The summed E-state index contributed by atoms with van der Waals surface area (Å²) >= 11 is 1.35. The van der Waals surface area contributed by atoms with Gasteiger partial charge in [-0.05, 0) is 12.5 Å². The van der Waals surface area contributed by atoms with Crippen LogP contribution in [0, 0.1) is 0 Å². The van der Waals surface area contributed by atoms with Crippen LogP contribution in [0.15, 0.2) is 12.4 Å². The molecule has 0 fully saturated rings. The SMILES string of the molecule is CCc1cc(CNc2ncns2)[nH]n1. The van der Waals surface area contributed by atoms with Crippen molar-refractivity contribution >= 4 is 16.7 Å². The summed E-state index contributed by atoms with van der Waals surface area (Å²) in [7, 11) is 0. The Labute approximate surface area is 85.8 Å². The fourth-order valence-corrected chi connectivity index (χ4v) is 1.53. The van der Waals surface area contributed by atoms with Crippen molar-refractivity contribution in [2.75, 3.05) is 5.32 Å². The largest absolute Gasteiger partial charge is 0.355 e. The number of hydrogen-bond donors (Lipinski definition) is 2. The molecule has 5 nitrogen and oxygen atoms in total. The van der Waals surface area contributed by atoms with Crippen LogP contribution < -0.4 is 5.32 Å². The number of aromatic amines is 1. The number of H-pyrrole nitrogens is 1. The normalized spacial score (nSPS) is 10.4. The van der Waals surface area contributed by atoms with E-state index >= 15 is 0 Å². The Balaban J connectivity index is 1.92. The molecule has 2 aromatic rings. The van der Waals surface area contributed by atoms with Gasteiger partial charge in [0.2, 0.25) is 5.13 Å². The highest BCUT2D eigenvalue weighted by Crippen LogP contribution is 2.08. The molecule has 2 aromatic heterocycles. The zero-order valence-corrected chi connectivity index (χ0v) is 8.64. The molecule has 0 aliphatic heterocycles. The van der Waals surface area contributed by atoms with Crippen LogP contribution in [-0.2, 0) is 13.0 Å². The first-order valence-corrected chi connectivity index (χ1v) is 5.19. The molecule has 2 rings (SSSR count). The van der Waals surface area contributed by atoms with E-state index in [1.165, 1.54) is 17.9 Å². The summed E-state index contributed by atoms with van der Waals surface area (Å²) in [5, 5.41) is 11.1. The van der Waals surface area contributed by atoms with Crippen LogP contribution in [0.25, 0.3) is 0 Å². The van der Waals surface area contributed by atoms with Gasteiger partial charge >= 0.3 is 0 Å². The van der Waals surface area contributed by atoms with Crippen molar-refractivity contribution < 1.29 is 0 Å².